The second kappa shape index (κ2) is 4.35. The second-order valence-electron chi connectivity index (χ2n) is 3.29. The van der Waals surface area contributed by atoms with E-state index in [9.17, 15) is 13.6 Å². The van der Waals surface area contributed by atoms with E-state index in [-0.39, 0.29) is 12.0 Å². The minimum atomic E-state index is -3.32. The summed E-state index contributed by atoms with van der Waals surface area (Å²) in [5, 5.41) is 0. The van der Waals surface area contributed by atoms with Gasteiger partial charge < -0.3 is 5.73 Å². The molecular formula is C10H12F2N2O. The summed E-state index contributed by atoms with van der Waals surface area (Å²) >= 11 is 0. The summed E-state index contributed by atoms with van der Waals surface area (Å²) in [5.74, 6) is -0.414. The number of amides is 1. The van der Waals surface area contributed by atoms with Crippen molar-refractivity contribution in [3.05, 3.63) is 35.4 Å². The summed E-state index contributed by atoms with van der Waals surface area (Å²) in [6, 6.07) is 2.20. The lowest BCUT2D eigenvalue weighted by molar-refractivity contribution is -0.117. The van der Waals surface area contributed by atoms with Crippen molar-refractivity contribution in [1.29, 1.82) is 0 Å². The Bertz CT molecular complexity index is 343. The molecule has 1 amide bonds. The first-order valence-corrected chi connectivity index (χ1v) is 4.44. The van der Waals surface area contributed by atoms with Gasteiger partial charge in [-0.25, -0.2) is 0 Å². The number of carbonyl (C=O) groups excluding carboxylic acids is 1. The maximum Gasteiger partial charge on any atom is 0.326 e. The molecule has 0 saturated heterocycles. The third-order valence-corrected chi connectivity index (χ3v) is 2.00. The largest absolute Gasteiger partial charge is 0.370 e. The van der Waals surface area contributed by atoms with E-state index in [2.05, 4.69) is 5.73 Å². The molecule has 3 nitrogen and oxygen atoms in total. The zero-order valence-electron chi connectivity index (χ0n) is 8.04. The van der Waals surface area contributed by atoms with Crippen molar-refractivity contribution < 1.29 is 13.6 Å². The molecular weight excluding hydrogens is 202 g/mol. The standard InChI is InChI=1S/C10H12F2N2O/c11-10(12,14)8-4-1-7(2-5-8)3-6-9(13)15/h1-2,4-5H,3,6,14H2,(H2,13,15). The van der Waals surface area contributed by atoms with Gasteiger partial charge >= 0.3 is 6.05 Å². The lowest BCUT2D eigenvalue weighted by atomic mass is 10.1. The molecule has 5 heteroatoms. The number of hydrogen-bond acceptors (Lipinski definition) is 2. The third kappa shape index (κ3) is 3.63. The first kappa shape index (κ1) is 11.6. The van der Waals surface area contributed by atoms with Gasteiger partial charge in [0.15, 0.2) is 0 Å². The highest BCUT2D eigenvalue weighted by molar-refractivity contribution is 5.73. The van der Waals surface area contributed by atoms with Crippen molar-refractivity contribution in [3.63, 3.8) is 0 Å². The molecule has 1 aromatic carbocycles. The molecule has 0 spiro atoms. The van der Waals surface area contributed by atoms with Crippen molar-refractivity contribution in [3.8, 4) is 0 Å². The molecule has 0 saturated carbocycles. The van der Waals surface area contributed by atoms with Gasteiger partial charge in [-0.15, -0.1) is 0 Å². The van der Waals surface area contributed by atoms with Crippen LogP contribution in [0.15, 0.2) is 24.3 Å². The highest BCUT2D eigenvalue weighted by atomic mass is 19.3. The molecule has 0 aliphatic carbocycles. The lowest BCUT2D eigenvalue weighted by Gasteiger charge is -2.10. The number of nitrogens with two attached hydrogens (primary N) is 2. The first-order chi connectivity index (χ1) is 6.89. The van der Waals surface area contributed by atoms with Gasteiger partial charge in [-0.2, -0.15) is 8.78 Å². The fourth-order valence-corrected chi connectivity index (χ4v) is 1.16. The number of benzene rings is 1. The van der Waals surface area contributed by atoms with E-state index in [1.54, 1.807) is 0 Å². The summed E-state index contributed by atoms with van der Waals surface area (Å²) < 4.78 is 25.2. The molecule has 4 N–H and O–H groups in total. The molecule has 0 aliphatic heterocycles. The molecule has 82 valence electrons. The van der Waals surface area contributed by atoms with E-state index in [1.807, 2.05) is 0 Å². The molecule has 0 bridgehead atoms. The Balaban J connectivity index is 2.69. The van der Waals surface area contributed by atoms with Gasteiger partial charge in [0.2, 0.25) is 5.91 Å². The van der Waals surface area contributed by atoms with Gasteiger partial charge in [-0.3, -0.25) is 10.5 Å². The maximum atomic E-state index is 12.6. The monoisotopic (exact) mass is 214 g/mol. The number of hydrogen-bond donors (Lipinski definition) is 2. The van der Waals surface area contributed by atoms with Crippen LogP contribution in [0.5, 0.6) is 0 Å². The Morgan fingerprint density at radius 2 is 1.80 bits per heavy atom. The maximum absolute atomic E-state index is 12.6. The Kier molecular flexibility index (Phi) is 3.36. The molecule has 0 fully saturated rings. The van der Waals surface area contributed by atoms with E-state index >= 15 is 0 Å². The molecule has 0 atom stereocenters. The van der Waals surface area contributed by atoms with Crippen molar-refractivity contribution in [1.82, 2.24) is 0 Å². The van der Waals surface area contributed by atoms with E-state index in [0.29, 0.717) is 6.42 Å². The van der Waals surface area contributed by atoms with E-state index in [1.165, 1.54) is 24.3 Å². The van der Waals surface area contributed by atoms with Gasteiger partial charge in [-0.05, 0) is 12.0 Å². The van der Waals surface area contributed by atoms with Crippen LogP contribution in [0.2, 0.25) is 0 Å². The topological polar surface area (TPSA) is 69.1 Å². The van der Waals surface area contributed by atoms with Crippen LogP contribution in [0.1, 0.15) is 17.5 Å². The minimum Gasteiger partial charge on any atom is -0.370 e. The molecule has 0 aliphatic rings. The molecule has 15 heavy (non-hydrogen) atoms. The predicted molar refractivity (Wildman–Crippen MR) is 52.0 cm³/mol. The highest BCUT2D eigenvalue weighted by Crippen LogP contribution is 2.21. The highest BCUT2D eigenvalue weighted by Gasteiger charge is 2.24. The van der Waals surface area contributed by atoms with Crippen molar-refractivity contribution in [2.24, 2.45) is 11.5 Å². The van der Waals surface area contributed by atoms with Gasteiger partial charge in [0.05, 0.1) is 0 Å². The van der Waals surface area contributed by atoms with Gasteiger partial charge in [0, 0.05) is 12.0 Å². The molecule has 0 radical (unpaired) electrons. The average Bonchev–Trinajstić information content (AvgIpc) is 2.14. The summed E-state index contributed by atoms with van der Waals surface area (Å²) in [6.45, 7) is 0. The molecule has 1 rings (SSSR count). The molecule has 0 heterocycles. The molecule has 1 aromatic rings. The summed E-state index contributed by atoms with van der Waals surface area (Å²) in [6.07, 6.45) is 0.657. The second-order valence-corrected chi connectivity index (χ2v) is 3.29. The average molecular weight is 214 g/mol. The van der Waals surface area contributed by atoms with Gasteiger partial charge in [-0.1, -0.05) is 24.3 Å². The number of alkyl halides is 2. The SMILES string of the molecule is NC(=O)CCc1ccc(C(N)(F)F)cc1. The molecule has 0 unspecified atom stereocenters. The zero-order chi connectivity index (χ0) is 11.5. The van der Waals surface area contributed by atoms with Crippen LogP contribution in [0.3, 0.4) is 0 Å². The van der Waals surface area contributed by atoms with Crippen molar-refractivity contribution in [2.75, 3.05) is 0 Å². The summed E-state index contributed by atoms with van der Waals surface area (Å²) in [4.78, 5) is 10.5. The Morgan fingerprint density at radius 3 is 2.20 bits per heavy atom. The van der Waals surface area contributed by atoms with E-state index in [0.717, 1.165) is 5.56 Å². The smallest absolute Gasteiger partial charge is 0.326 e. The number of aryl methyl sites for hydroxylation is 1. The number of halogens is 2. The minimum absolute atomic E-state index is 0.207. The lowest BCUT2D eigenvalue weighted by Crippen LogP contribution is -2.24. The summed E-state index contributed by atoms with van der Waals surface area (Å²) in [5.41, 5.74) is 10.1. The third-order valence-electron chi connectivity index (χ3n) is 2.00. The molecule has 0 aromatic heterocycles. The first-order valence-electron chi connectivity index (χ1n) is 4.44. The Hall–Kier alpha value is -1.49. The van der Waals surface area contributed by atoms with Crippen molar-refractivity contribution in [2.45, 2.75) is 18.9 Å². The Morgan fingerprint density at radius 1 is 1.27 bits per heavy atom. The zero-order valence-corrected chi connectivity index (χ0v) is 8.04. The van der Waals surface area contributed by atoms with Crippen LogP contribution in [-0.2, 0) is 17.3 Å². The van der Waals surface area contributed by atoms with Crippen LogP contribution < -0.4 is 11.5 Å². The number of carbonyl (C=O) groups is 1. The number of primary amides is 1. The Labute approximate surface area is 86.1 Å². The van der Waals surface area contributed by atoms with Crippen LogP contribution in [-0.4, -0.2) is 5.91 Å². The quantitative estimate of drug-likeness (QED) is 0.737. The van der Waals surface area contributed by atoms with E-state index in [4.69, 9.17) is 5.73 Å². The van der Waals surface area contributed by atoms with Crippen LogP contribution >= 0.6 is 0 Å². The van der Waals surface area contributed by atoms with Gasteiger partial charge in [0.25, 0.3) is 0 Å². The summed E-state index contributed by atoms with van der Waals surface area (Å²) in [7, 11) is 0. The normalized spacial score (nSPS) is 11.4. The fraction of sp³-hybridized carbons (Fsp3) is 0.300. The van der Waals surface area contributed by atoms with Gasteiger partial charge in [0.1, 0.15) is 0 Å². The fourth-order valence-electron chi connectivity index (χ4n) is 1.16. The van der Waals surface area contributed by atoms with E-state index < -0.39 is 12.0 Å². The predicted octanol–water partition coefficient (Wildman–Crippen LogP) is 1.11. The van der Waals surface area contributed by atoms with Crippen LogP contribution in [0.4, 0.5) is 8.78 Å². The van der Waals surface area contributed by atoms with Crippen molar-refractivity contribution >= 4 is 5.91 Å². The van der Waals surface area contributed by atoms with Crippen LogP contribution in [0, 0.1) is 0 Å². The van der Waals surface area contributed by atoms with Crippen LogP contribution in [0.25, 0.3) is 0 Å². The number of rotatable bonds is 4.